The van der Waals surface area contributed by atoms with Gasteiger partial charge >= 0.3 is 5.97 Å². The summed E-state index contributed by atoms with van der Waals surface area (Å²) in [6.45, 7) is 0. The van der Waals surface area contributed by atoms with Crippen molar-refractivity contribution >= 4 is 5.97 Å². The van der Waals surface area contributed by atoms with E-state index in [0.717, 1.165) is 0 Å². The molecule has 0 aromatic carbocycles. The lowest BCUT2D eigenvalue weighted by molar-refractivity contribution is -0.0130. The quantitative estimate of drug-likeness (QED) is 0.775. The molecule has 1 heterocycles. The summed E-state index contributed by atoms with van der Waals surface area (Å²) in [5.41, 5.74) is 0.612. The molecule has 1 aromatic heterocycles. The molecule has 1 N–H and O–H groups in total. The topological polar surface area (TPSA) is 50.2 Å². The van der Waals surface area contributed by atoms with Crippen molar-refractivity contribution in [3.05, 3.63) is 29.1 Å². The number of carboxylic acids is 1. The number of alkyl halides is 2. The summed E-state index contributed by atoms with van der Waals surface area (Å²) in [7, 11) is 0. The van der Waals surface area contributed by atoms with Crippen molar-refractivity contribution in [2.45, 2.75) is 25.2 Å². The van der Waals surface area contributed by atoms with Gasteiger partial charge in [0.2, 0.25) is 0 Å². The number of aryl methyl sites for hydroxylation is 1. The van der Waals surface area contributed by atoms with Crippen molar-refractivity contribution < 1.29 is 18.7 Å². The van der Waals surface area contributed by atoms with Crippen LogP contribution >= 0.6 is 0 Å². The maximum atomic E-state index is 13.1. The fraction of sp³-hybridized carbons (Fsp3) is 0.400. The van der Waals surface area contributed by atoms with Crippen LogP contribution < -0.4 is 0 Å². The summed E-state index contributed by atoms with van der Waals surface area (Å²) in [5, 5.41) is 8.84. The molecule has 2 rings (SSSR count). The zero-order valence-corrected chi connectivity index (χ0v) is 7.83. The summed E-state index contributed by atoms with van der Waals surface area (Å²) < 4.78 is 26.2. The third kappa shape index (κ3) is 1.82. The van der Waals surface area contributed by atoms with Crippen LogP contribution in [0.25, 0.3) is 0 Å². The number of hydrogen-bond acceptors (Lipinski definition) is 2. The minimum atomic E-state index is -2.81. The Morgan fingerprint density at radius 1 is 1.53 bits per heavy atom. The highest BCUT2D eigenvalue weighted by molar-refractivity contribution is 5.89. The number of pyridine rings is 1. The zero-order chi connectivity index (χ0) is 11.1. The molecule has 0 unspecified atom stereocenters. The van der Waals surface area contributed by atoms with E-state index < -0.39 is 18.3 Å². The summed E-state index contributed by atoms with van der Waals surface area (Å²) >= 11 is 0. The van der Waals surface area contributed by atoms with Crippen LogP contribution in [0.15, 0.2) is 12.3 Å². The van der Waals surface area contributed by atoms with Crippen molar-refractivity contribution in [1.82, 2.24) is 4.98 Å². The number of carboxylic acid groups (broad SMARTS) is 1. The first-order valence-corrected chi connectivity index (χ1v) is 4.57. The summed E-state index contributed by atoms with van der Waals surface area (Å²) in [5.74, 6) is -3.98. The third-order valence-electron chi connectivity index (χ3n) is 2.54. The van der Waals surface area contributed by atoms with Gasteiger partial charge in [0.05, 0.1) is 5.56 Å². The third-order valence-corrected chi connectivity index (χ3v) is 2.54. The second-order valence-electron chi connectivity index (χ2n) is 3.62. The van der Waals surface area contributed by atoms with Gasteiger partial charge in [-0.05, 0) is 18.1 Å². The Morgan fingerprint density at radius 2 is 2.27 bits per heavy atom. The van der Waals surface area contributed by atoms with Gasteiger partial charge in [0, 0.05) is 24.7 Å². The maximum absolute atomic E-state index is 13.1. The normalized spacial score (nSPS) is 18.3. The molecule has 0 saturated carbocycles. The molecule has 0 amide bonds. The van der Waals surface area contributed by atoms with Gasteiger partial charge in [-0.3, -0.25) is 4.98 Å². The predicted octanol–water partition coefficient (Wildman–Crippen LogP) is 1.90. The molecule has 3 nitrogen and oxygen atoms in total. The van der Waals surface area contributed by atoms with Gasteiger partial charge in [-0.15, -0.1) is 0 Å². The average molecular weight is 213 g/mol. The van der Waals surface area contributed by atoms with Crippen LogP contribution in [0.3, 0.4) is 0 Å². The zero-order valence-electron chi connectivity index (χ0n) is 7.83. The number of fused-ring (bicyclic) bond motifs is 1. The van der Waals surface area contributed by atoms with Gasteiger partial charge in [0.15, 0.2) is 0 Å². The van der Waals surface area contributed by atoms with Crippen LogP contribution in [0.5, 0.6) is 0 Å². The van der Waals surface area contributed by atoms with Crippen LogP contribution in [0, 0.1) is 0 Å². The lowest BCUT2D eigenvalue weighted by Gasteiger charge is -2.24. The Hall–Kier alpha value is -1.52. The van der Waals surface area contributed by atoms with E-state index in [1.165, 1.54) is 12.3 Å². The summed E-state index contributed by atoms with van der Waals surface area (Å²) in [6.07, 6.45) is 0.725. The molecule has 0 aliphatic heterocycles. The summed E-state index contributed by atoms with van der Waals surface area (Å²) in [6, 6.07) is 1.27. The molecule has 0 saturated heterocycles. The van der Waals surface area contributed by atoms with Gasteiger partial charge in [-0.25, -0.2) is 13.6 Å². The van der Waals surface area contributed by atoms with Crippen LogP contribution in [0.1, 0.15) is 28.0 Å². The van der Waals surface area contributed by atoms with Gasteiger partial charge in [-0.1, -0.05) is 0 Å². The van der Waals surface area contributed by atoms with E-state index in [-0.39, 0.29) is 24.0 Å². The van der Waals surface area contributed by atoms with Crippen LogP contribution in [0.2, 0.25) is 0 Å². The highest BCUT2D eigenvalue weighted by Gasteiger charge is 2.36. The van der Waals surface area contributed by atoms with Crippen LogP contribution in [-0.2, 0) is 12.8 Å². The lowest BCUT2D eigenvalue weighted by Crippen LogP contribution is -2.28. The highest BCUT2D eigenvalue weighted by Crippen LogP contribution is 2.33. The van der Waals surface area contributed by atoms with E-state index in [1.807, 2.05) is 0 Å². The van der Waals surface area contributed by atoms with Gasteiger partial charge in [-0.2, -0.15) is 0 Å². The Labute approximate surface area is 84.8 Å². The molecule has 0 fully saturated rings. The molecule has 0 atom stereocenters. The molecule has 5 heteroatoms. The number of aromatic carboxylic acids is 1. The van der Waals surface area contributed by atoms with Gasteiger partial charge in [0.25, 0.3) is 5.92 Å². The average Bonchev–Trinajstić information content (AvgIpc) is 2.15. The Balaban J connectivity index is 2.50. The Bertz CT molecular complexity index is 418. The largest absolute Gasteiger partial charge is 0.478 e. The van der Waals surface area contributed by atoms with E-state index in [9.17, 15) is 13.6 Å². The molecule has 15 heavy (non-hydrogen) atoms. The molecule has 0 spiro atoms. The van der Waals surface area contributed by atoms with Crippen molar-refractivity contribution in [1.29, 1.82) is 0 Å². The number of carbonyl (C=O) groups is 1. The number of rotatable bonds is 1. The Morgan fingerprint density at radius 3 is 2.93 bits per heavy atom. The molecule has 1 aliphatic rings. The standard InChI is InChI=1S/C10H9F2NO2/c11-10(12)3-1-8-7(5-10)6(9(14)15)2-4-13-8/h2,4H,1,3,5H2,(H,14,15). The van der Waals surface area contributed by atoms with Crippen molar-refractivity contribution in [3.8, 4) is 0 Å². The number of hydrogen-bond donors (Lipinski definition) is 1. The summed E-state index contributed by atoms with van der Waals surface area (Å²) in [4.78, 5) is 14.7. The van der Waals surface area contributed by atoms with Crippen molar-refractivity contribution in [2.75, 3.05) is 0 Å². The molecular formula is C10H9F2NO2. The minimum absolute atomic E-state index is 0.0561. The van der Waals surface area contributed by atoms with Crippen molar-refractivity contribution in [3.63, 3.8) is 0 Å². The lowest BCUT2D eigenvalue weighted by atomic mass is 9.90. The van der Waals surface area contributed by atoms with E-state index in [4.69, 9.17) is 5.11 Å². The molecule has 0 radical (unpaired) electrons. The maximum Gasteiger partial charge on any atom is 0.336 e. The molecular weight excluding hydrogens is 204 g/mol. The van der Waals surface area contributed by atoms with E-state index in [2.05, 4.69) is 4.98 Å². The van der Waals surface area contributed by atoms with Crippen LogP contribution in [0.4, 0.5) is 8.78 Å². The van der Waals surface area contributed by atoms with Crippen molar-refractivity contribution in [2.24, 2.45) is 0 Å². The minimum Gasteiger partial charge on any atom is -0.478 e. The van der Waals surface area contributed by atoms with E-state index in [1.54, 1.807) is 0 Å². The van der Waals surface area contributed by atoms with Crippen LogP contribution in [-0.4, -0.2) is 22.0 Å². The van der Waals surface area contributed by atoms with E-state index >= 15 is 0 Å². The first kappa shape index (κ1) is 10.0. The van der Waals surface area contributed by atoms with Gasteiger partial charge in [0.1, 0.15) is 0 Å². The Kier molecular flexibility index (Phi) is 2.17. The van der Waals surface area contributed by atoms with Gasteiger partial charge < -0.3 is 5.11 Å². The fourth-order valence-corrected chi connectivity index (χ4v) is 1.80. The first-order chi connectivity index (χ1) is 6.99. The number of nitrogens with zero attached hydrogens (tertiary/aromatic N) is 1. The highest BCUT2D eigenvalue weighted by atomic mass is 19.3. The van der Waals surface area contributed by atoms with E-state index in [0.29, 0.717) is 5.69 Å². The number of aromatic nitrogens is 1. The predicted molar refractivity (Wildman–Crippen MR) is 48.2 cm³/mol. The molecule has 80 valence electrons. The molecule has 1 aliphatic carbocycles. The first-order valence-electron chi connectivity index (χ1n) is 4.57. The SMILES string of the molecule is O=C(O)c1ccnc2c1CC(F)(F)CC2. The monoisotopic (exact) mass is 213 g/mol. The number of halogens is 2. The smallest absolute Gasteiger partial charge is 0.336 e. The fourth-order valence-electron chi connectivity index (χ4n) is 1.80. The molecule has 1 aromatic rings. The molecule has 0 bridgehead atoms. The second kappa shape index (κ2) is 3.25. The second-order valence-corrected chi connectivity index (χ2v) is 3.62.